The van der Waals surface area contributed by atoms with Gasteiger partial charge in [-0.1, -0.05) is 35.0 Å². The average molecular weight is 277 g/mol. The van der Waals surface area contributed by atoms with Gasteiger partial charge in [-0.3, -0.25) is 0 Å². The highest BCUT2D eigenvalue weighted by Crippen LogP contribution is 2.39. The number of hydrogen-bond acceptors (Lipinski definition) is 4. The monoisotopic (exact) mass is 276 g/mol. The van der Waals surface area contributed by atoms with E-state index in [-0.39, 0.29) is 0 Å². The summed E-state index contributed by atoms with van der Waals surface area (Å²) in [5, 5.41) is 6.49. The fourth-order valence-electron chi connectivity index (χ4n) is 1.79. The molecular weight excluding hydrogens is 268 g/mol. The van der Waals surface area contributed by atoms with Crippen LogP contribution in [0.15, 0.2) is 46.3 Å². The van der Waals surface area contributed by atoms with E-state index in [4.69, 9.17) is 21.9 Å². The SMILES string of the molecule is Nc1noc(-c2cccc(Cl)c2)c1-c1cccs1. The zero-order valence-electron chi connectivity index (χ0n) is 9.26. The number of benzene rings is 1. The van der Waals surface area contributed by atoms with Crippen LogP contribution in [0.3, 0.4) is 0 Å². The molecule has 5 heteroatoms. The second-order valence-corrected chi connectivity index (χ2v) is 5.14. The maximum absolute atomic E-state index is 5.99. The van der Waals surface area contributed by atoms with Gasteiger partial charge in [0.15, 0.2) is 11.6 Å². The Morgan fingerprint density at radius 3 is 2.83 bits per heavy atom. The molecule has 3 aromatic rings. The van der Waals surface area contributed by atoms with E-state index in [1.165, 1.54) is 0 Å². The zero-order chi connectivity index (χ0) is 12.5. The second kappa shape index (κ2) is 4.48. The van der Waals surface area contributed by atoms with Gasteiger partial charge in [-0.05, 0) is 23.6 Å². The van der Waals surface area contributed by atoms with Crippen LogP contribution >= 0.6 is 22.9 Å². The molecule has 0 aliphatic carbocycles. The van der Waals surface area contributed by atoms with Crippen LogP contribution < -0.4 is 5.73 Å². The first-order valence-electron chi connectivity index (χ1n) is 5.30. The predicted molar refractivity (Wildman–Crippen MR) is 74.7 cm³/mol. The van der Waals surface area contributed by atoms with Crippen LogP contribution in [-0.2, 0) is 0 Å². The van der Waals surface area contributed by atoms with Crippen molar-refractivity contribution in [2.75, 3.05) is 5.73 Å². The predicted octanol–water partition coefficient (Wildman–Crippen LogP) is 4.31. The largest absolute Gasteiger partial charge is 0.380 e. The van der Waals surface area contributed by atoms with E-state index < -0.39 is 0 Å². The fraction of sp³-hybridized carbons (Fsp3) is 0. The van der Waals surface area contributed by atoms with Gasteiger partial charge in [-0.25, -0.2) is 0 Å². The first-order valence-corrected chi connectivity index (χ1v) is 6.56. The number of aromatic nitrogens is 1. The van der Waals surface area contributed by atoms with Gasteiger partial charge in [0.1, 0.15) is 0 Å². The topological polar surface area (TPSA) is 52.0 Å². The highest BCUT2D eigenvalue weighted by molar-refractivity contribution is 7.13. The Balaban J connectivity index is 2.20. The Kier molecular flexibility index (Phi) is 2.81. The van der Waals surface area contributed by atoms with Gasteiger partial charge in [-0.15, -0.1) is 11.3 Å². The lowest BCUT2D eigenvalue weighted by molar-refractivity contribution is 0.436. The van der Waals surface area contributed by atoms with Crippen LogP contribution in [-0.4, -0.2) is 5.16 Å². The van der Waals surface area contributed by atoms with Crippen molar-refractivity contribution < 1.29 is 4.52 Å². The first-order chi connectivity index (χ1) is 8.75. The summed E-state index contributed by atoms with van der Waals surface area (Å²) in [7, 11) is 0. The molecule has 0 spiro atoms. The molecule has 0 saturated carbocycles. The molecule has 90 valence electrons. The van der Waals surface area contributed by atoms with Crippen molar-refractivity contribution in [3.05, 3.63) is 46.8 Å². The van der Waals surface area contributed by atoms with Gasteiger partial charge in [0, 0.05) is 15.5 Å². The summed E-state index contributed by atoms with van der Waals surface area (Å²) in [6.07, 6.45) is 0. The number of hydrogen-bond donors (Lipinski definition) is 1. The minimum absolute atomic E-state index is 0.396. The van der Waals surface area contributed by atoms with Gasteiger partial charge in [0.2, 0.25) is 0 Å². The van der Waals surface area contributed by atoms with Crippen molar-refractivity contribution in [3.8, 4) is 21.8 Å². The molecular formula is C13H9ClN2OS. The third-order valence-corrected chi connectivity index (χ3v) is 3.70. The molecule has 2 N–H and O–H groups in total. The van der Waals surface area contributed by atoms with E-state index in [1.54, 1.807) is 11.3 Å². The first kappa shape index (κ1) is 11.3. The summed E-state index contributed by atoms with van der Waals surface area (Å²) in [6, 6.07) is 11.4. The van der Waals surface area contributed by atoms with Crippen molar-refractivity contribution in [1.29, 1.82) is 0 Å². The van der Waals surface area contributed by atoms with E-state index in [0.717, 1.165) is 16.0 Å². The Bertz CT molecular complexity index is 676. The number of nitrogen functional groups attached to an aromatic ring is 1. The molecule has 3 nitrogen and oxygen atoms in total. The minimum Gasteiger partial charge on any atom is -0.380 e. The molecule has 3 rings (SSSR count). The maximum Gasteiger partial charge on any atom is 0.177 e. The van der Waals surface area contributed by atoms with Crippen LogP contribution in [0, 0.1) is 0 Å². The molecule has 2 heterocycles. The van der Waals surface area contributed by atoms with Crippen LogP contribution in [0.2, 0.25) is 5.02 Å². The minimum atomic E-state index is 0.396. The zero-order valence-corrected chi connectivity index (χ0v) is 10.8. The number of anilines is 1. The van der Waals surface area contributed by atoms with Crippen molar-refractivity contribution in [2.45, 2.75) is 0 Å². The summed E-state index contributed by atoms with van der Waals surface area (Å²) in [6.45, 7) is 0. The summed E-state index contributed by atoms with van der Waals surface area (Å²) < 4.78 is 5.33. The van der Waals surface area contributed by atoms with Crippen molar-refractivity contribution in [1.82, 2.24) is 5.16 Å². The Labute approximate surface area is 113 Å². The molecule has 1 aromatic carbocycles. The van der Waals surface area contributed by atoms with Crippen LogP contribution in [0.4, 0.5) is 5.82 Å². The van der Waals surface area contributed by atoms with Gasteiger partial charge < -0.3 is 10.3 Å². The molecule has 0 radical (unpaired) electrons. The Morgan fingerprint density at radius 2 is 2.11 bits per heavy atom. The quantitative estimate of drug-likeness (QED) is 0.759. The Morgan fingerprint density at radius 1 is 1.22 bits per heavy atom. The van der Waals surface area contributed by atoms with E-state index in [2.05, 4.69) is 5.16 Å². The number of halogens is 1. The summed E-state index contributed by atoms with van der Waals surface area (Å²) >= 11 is 7.58. The van der Waals surface area contributed by atoms with Crippen molar-refractivity contribution in [3.63, 3.8) is 0 Å². The number of nitrogens with two attached hydrogens (primary N) is 1. The number of thiophene rings is 1. The lowest BCUT2D eigenvalue weighted by Crippen LogP contribution is -1.86. The highest BCUT2D eigenvalue weighted by atomic mass is 35.5. The Hall–Kier alpha value is -1.78. The molecule has 0 unspecified atom stereocenters. The van der Waals surface area contributed by atoms with Crippen LogP contribution in [0.1, 0.15) is 0 Å². The number of rotatable bonds is 2. The normalized spacial score (nSPS) is 10.7. The summed E-state index contributed by atoms with van der Waals surface area (Å²) in [5.74, 6) is 1.05. The lowest BCUT2D eigenvalue weighted by atomic mass is 10.1. The highest BCUT2D eigenvalue weighted by Gasteiger charge is 2.18. The van der Waals surface area contributed by atoms with Gasteiger partial charge in [0.05, 0.1) is 5.56 Å². The molecule has 0 saturated heterocycles. The molecule has 0 aliphatic rings. The summed E-state index contributed by atoms with van der Waals surface area (Å²) in [4.78, 5) is 1.03. The summed E-state index contributed by atoms with van der Waals surface area (Å²) in [5.41, 5.74) is 7.57. The third kappa shape index (κ3) is 1.89. The second-order valence-electron chi connectivity index (χ2n) is 3.76. The lowest BCUT2D eigenvalue weighted by Gasteiger charge is -2.00. The smallest absolute Gasteiger partial charge is 0.177 e. The molecule has 0 bridgehead atoms. The number of nitrogens with zero attached hydrogens (tertiary/aromatic N) is 1. The van der Waals surface area contributed by atoms with Gasteiger partial charge in [0.25, 0.3) is 0 Å². The van der Waals surface area contributed by atoms with E-state index in [0.29, 0.717) is 16.6 Å². The average Bonchev–Trinajstić information content (AvgIpc) is 2.97. The standard InChI is InChI=1S/C13H9ClN2OS/c14-9-4-1-3-8(7-9)12-11(13(15)16-17-12)10-5-2-6-18-10/h1-7H,(H2,15,16). The van der Waals surface area contributed by atoms with E-state index in [1.807, 2.05) is 41.8 Å². The maximum atomic E-state index is 5.99. The van der Waals surface area contributed by atoms with Crippen LogP contribution in [0.5, 0.6) is 0 Å². The molecule has 0 fully saturated rings. The van der Waals surface area contributed by atoms with Gasteiger partial charge >= 0.3 is 0 Å². The van der Waals surface area contributed by atoms with Gasteiger partial charge in [-0.2, -0.15) is 0 Å². The van der Waals surface area contributed by atoms with Crippen molar-refractivity contribution >= 4 is 28.8 Å². The van der Waals surface area contributed by atoms with Crippen LogP contribution in [0.25, 0.3) is 21.8 Å². The molecule has 0 amide bonds. The van der Waals surface area contributed by atoms with E-state index >= 15 is 0 Å². The molecule has 18 heavy (non-hydrogen) atoms. The molecule has 2 aromatic heterocycles. The van der Waals surface area contributed by atoms with Crippen molar-refractivity contribution in [2.24, 2.45) is 0 Å². The molecule has 0 atom stereocenters. The molecule has 0 aliphatic heterocycles. The third-order valence-electron chi connectivity index (χ3n) is 2.57. The fourth-order valence-corrected chi connectivity index (χ4v) is 2.75. The van der Waals surface area contributed by atoms with E-state index in [9.17, 15) is 0 Å².